The maximum atomic E-state index is 12.8. The van der Waals surface area contributed by atoms with Crippen LogP contribution in [0.5, 0.6) is 0 Å². The van der Waals surface area contributed by atoms with Gasteiger partial charge in [0.05, 0.1) is 11.0 Å². The van der Waals surface area contributed by atoms with E-state index in [0.717, 1.165) is 5.56 Å². The summed E-state index contributed by atoms with van der Waals surface area (Å²) >= 11 is 0. The van der Waals surface area contributed by atoms with E-state index < -0.39 is 26.6 Å². The van der Waals surface area contributed by atoms with Gasteiger partial charge in [-0.25, -0.2) is 13.2 Å². The van der Waals surface area contributed by atoms with Gasteiger partial charge in [-0.05, 0) is 30.5 Å². The molecule has 0 spiro atoms. The lowest BCUT2D eigenvalue weighted by Crippen LogP contribution is -2.43. The number of hydrogen-bond acceptors (Lipinski definition) is 5. The zero-order chi connectivity index (χ0) is 20.4. The molecular formula is C22H21NO5S. The number of likely N-dealkylation sites (tertiary alicyclic amines) is 1. The molecule has 0 aliphatic carbocycles. The first kappa shape index (κ1) is 19.4. The molecule has 150 valence electrons. The standard InChI is InChI=1S/C22H21NO5S/c24-21(19-14-17-8-4-5-9-20(17)28-22(19)25)23-12-10-18(11-13-23)29(26,27)15-16-6-2-1-3-7-16/h1-9,14,18H,10-13,15H2. The van der Waals surface area contributed by atoms with Crippen LogP contribution in [0, 0.1) is 0 Å². The van der Waals surface area contributed by atoms with Crippen LogP contribution < -0.4 is 5.63 Å². The molecule has 1 aromatic heterocycles. The Kier molecular flexibility index (Phi) is 5.24. The molecule has 0 atom stereocenters. The molecule has 3 aromatic rings. The summed E-state index contributed by atoms with van der Waals surface area (Å²) in [4.78, 5) is 26.6. The highest BCUT2D eigenvalue weighted by atomic mass is 32.2. The van der Waals surface area contributed by atoms with E-state index in [-0.39, 0.29) is 11.3 Å². The van der Waals surface area contributed by atoms with E-state index in [9.17, 15) is 18.0 Å². The fourth-order valence-electron chi connectivity index (χ4n) is 3.72. The van der Waals surface area contributed by atoms with Crippen LogP contribution in [-0.2, 0) is 15.6 Å². The van der Waals surface area contributed by atoms with Gasteiger partial charge in [-0.2, -0.15) is 0 Å². The van der Waals surface area contributed by atoms with Crippen LogP contribution in [-0.4, -0.2) is 37.6 Å². The van der Waals surface area contributed by atoms with Gasteiger partial charge >= 0.3 is 5.63 Å². The van der Waals surface area contributed by atoms with Gasteiger partial charge in [0.15, 0.2) is 9.84 Å². The summed E-state index contributed by atoms with van der Waals surface area (Å²) in [7, 11) is -3.31. The van der Waals surface area contributed by atoms with Gasteiger partial charge in [-0.3, -0.25) is 4.79 Å². The third kappa shape index (κ3) is 4.10. The predicted molar refractivity (Wildman–Crippen MR) is 110 cm³/mol. The molecule has 7 heteroatoms. The highest BCUT2D eigenvalue weighted by Gasteiger charge is 2.32. The molecular weight excluding hydrogens is 390 g/mol. The van der Waals surface area contributed by atoms with Gasteiger partial charge in [0.1, 0.15) is 11.1 Å². The first-order valence-electron chi connectivity index (χ1n) is 9.52. The molecule has 0 N–H and O–H groups in total. The predicted octanol–water partition coefficient (Wildman–Crippen LogP) is 3.01. The molecule has 1 amide bonds. The van der Waals surface area contributed by atoms with Crippen LogP contribution in [0.3, 0.4) is 0 Å². The van der Waals surface area contributed by atoms with Crippen molar-refractivity contribution in [1.29, 1.82) is 0 Å². The number of hydrogen-bond donors (Lipinski definition) is 0. The van der Waals surface area contributed by atoms with Crippen molar-refractivity contribution in [3.05, 3.63) is 82.2 Å². The van der Waals surface area contributed by atoms with E-state index in [1.54, 1.807) is 42.5 Å². The monoisotopic (exact) mass is 411 g/mol. The Hall–Kier alpha value is -2.93. The average molecular weight is 411 g/mol. The first-order valence-corrected chi connectivity index (χ1v) is 11.2. The van der Waals surface area contributed by atoms with E-state index in [1.807, 2.05) is 18.2 Å². The molecule has 6 nitrogen and oxygen atoms in total. The molecule has 1 fully saturated rings. The number of rotatable bonds is 4. The van der Waals surface area contributed by atoms with E-state index in [0.29, 0.717) is 36.9 Å². The molecule has 0 bridgehead atoms. The number of carbonyl (C=O) groups excluding carboxylic acids is 1. The van der Waals surface area contributed by atoms with Crippen molar-refractivity contribution in [1.82, 2.24) is 4.90 Å². The average Bonchev–Trinajstić information content (AvgIpc) is 2.73. The maximum absolute atomic E-state index is 12.8. The van der Waals surface area contributed by atoms with Gasteiger partial charge in [-0.15, -0.1) is 0 Å². The number of carbonyl (C=O) groups is 1. The highest BCUT2D eigenvalue weighted by molar-refractivity contribution is 7.91. The topological polar surface area (TPSA) is 84.7 Å². The molecule has 0 unspecified atom stereocenters. The molecule has 0 saturated carbocycles. The van der Waals surface area contributed by atoms with Gasteiger partial charge in [0.2, 0.25) is 0 Å². The second-order valence-electron chi connectivity index (χ2n) is 7.27. The lowest BCUT2D eigenvalue weighted by atomic mass is 10.1. The number of para-hydroxylation sites is 1. The van der Waals surface area contributed by atoms with Crippen molar-refractivity contribution in [2.24, 2.45) is 0 Å². The number of fused-ring (bicyclic) bond motifs is 1. The van der Waals surface area contributed by atoms with Gasteiger partial charge in [0, 0.05) is 18.5 Å². The van der Waals surface area contributed by atoms with Crippen LogP contribution in [0.1, 0.15) is 28.8 Å². The fraction of sp³-hybridized carbons (Fsp3) is 0.273. The van der Waals surface area contributed by atoms with Crippen molar-refractivity contribution in [2.45, 2.75) is 23.8 Å². The molecule has 2 heterocycles. The molecule has 1 saturated heterocycles. The number of sulfone groups is 1. The van der Waals surface area contributed by atoms with Crippen molar-refractivity contribution in [3.8, 4) is 0 Å². The molecule has 1 aliphatic heterocycles. The van der Waals surface area contributed by atoms with Crippen LogP contribution in [0.25, 0.3) is 11.0 Å². The first-order chi connectivity index (χ1) is 13.9. The summed E-state index contributed by atoms with van der Waals surface area (Å²) in [5, 5.41) is 0.190. The molecule has 2 aromatic carbocycles. The number of benzene rings is 2. The Morgan fingerprint density at radius 2 is 1.66 bits per heavy atom. The summed E-state index contributed by atoms with van der Waals surface area (Å²) in [5.41, 5.74) is 0.501. The zero-order valence-electron chi connectivity index (χ0n) is 15.8. The van der Waals surface area contributed by atoms with Crippen LogP contribution >= 0.6 is 0 Å². The van der Waals surface area contributed by atoms with Crippen LogP contribution in [0.15, 0.2) is 69.9 Å². The van der Waals surface area contributed by atoms with Crippen LogP contribution in [0.2, 0.25) is 0 Å². The van der Waals surface area contributed by atoms with Crippen molar-refractivity contribution < 1.29 is 17.6 Å². The summed E-state index contributed by atoms with van der Waals surface area (Å²) in [6, 6.07) is 17.6. The fourth-order valence-corrected chi connectivity index (χ4v) is 5.55. The zero-order valence-corrected chi connectivity index (χ0v) is 16.6. The Labute approximate surface area is 168 Å². The lowest BCUT2D eigenvalue weighted by molar-refractivity contribution is 0.0721. The van der Waals surface area contributed by atoms with Crippen molar-refractivity contribution >= 4 is 26.7 Å². The summed E-state index contributed by atoms with van der Waals surface area (Å²) < 4.78 is 30.7. The van der Waals surface area contributed by atoms with E-state index in [2.05, 4.69) is 0 Å². The highest BCUT2D eigenvalue weighted by Crippen LogP contribution is 2.23. The molecule has 4 rings (SSSR count). The molecule has 29 heavy (non-hydrogen) atoms. The summed E-state index contributed by atoms with van der Waals surface area (Å²) in [5.74, 6) is -0.413. The minimum atomic E-state index is -3.31. The van der Waals surface area contributed by atoms with Crippen molar-refractivity contribution in [2.75, 3.05) is 13.1 Å². The second-order valence-corrected chi connectivity index (χ2v) is 9.55. The number of amides is 1. The Balaban J connectivity index is 1.46. The Morgan fingerprint density at radius 3 is 2.38 bits per heavy atom. The maximum Gasteiger partial charge on any atom is 0.349 e. The molecule has 1 aliphatic rings. The van der Waals surface area contributed by atoms with Crippen molar-refractivity contribution in [3.63, 3.8) is 0 Å². The number of piperidine rings is 1. The third-order valence-corrected chi connectivity index (χ3v) is 7.54. The van der Waals surface area contributed by atoms with Gasteiger partial charge < -0.3 is 9.32 Å². The SMILES string of the molecule is O=C(c1cc2ccccc2oc1=O)N1CCC(S(=O)(=O)Cc2ccccc2)CC1. The smallest absolute Gasteiger partial charge is 0.349 e. The Morgan fingerprint density at radius 1 is 1.00 bits per heavy atom. The minimum Gasteiger partial charge on any atom is -0.422 e. The molecule has 0 radical (unpaired) electrons. The van der Waals surface area contributed by atoms with Crippen LogP contribution in [0.4, 0.5) is 0 Å². The van der Waals surface area contributed by atoms with E-state index in [1.165, 1.54) is 4.90 Å². The van der Waals surface area contributed by atoms with E-state index in [4.69, 9.17) is 4.42 Å². The largest absolute Gasteiger partial charge is 0.422 e. The quantitative estimate of drug-likeness (QED) is 0.616. The summed E-state index contributed by atoms with van der Waals surface area (Å²) in [6.07, 6.45) is 0.722. The second kappa shape index (κ2) is 7.83. The van der Waals surface area contributed by atoms with E-state index >= 15 is 0 Å². The lowest BCUT2D eigenvalue weighted by Gasteiger charge is -2.31. The Bertz CT molecular complexity index is 1190. The van der Waals surface area contributed by atoms with Gasteiger partial charge in [0.25, 0.3) is 5.91 Å². The summed E-state index contributed by atoms with van der Waals surface area (Å²) in [6.45, 7) is 0.591. The minimum absolute atomic E-state index is 0.000710. The van der Waals surface area contributed by atoms with Gasteiger partial charge in [-0.1, -0.05) is 48.5 Å². The third-order valence-electron chi connectivity index (χ3n) is 5.32. The number of nitrogens with zero attached hydrogens (tertiary/aromatic N) is 1. The normalized spacial score (nSPS) is 15.5.